The lowest BCUT2D eigenvalue weighted by atomic mass is 10.3. The predicted molar refractivity (Wildman–Crippen MR) is 80.9 cm³/mol. The zero-order chi connectivity index (χ0) is 15.4. The minimum Gasteiger partial charge on any atom is -0.384 e. The lowest BCUT2D eigenvalue weighted by Crippen LogP contribution is -2.23. The first kappa shape index (κ1) is 15.1. The van der Waals surface area contributed by atoms with Crippen LogP contribution in [0.1, 0.15) is 12.1 Å². The molecule has 6 heteroatoms. The molecule has 0 aliphatic rings. The van der Waals surface area contributed by atoms with Crippen molar-refractivity contribution in [2.45, 2.75) is 13.3 Å². The molecule has 0 fully saturated rings. The van der Waals surface area contributed by atoms with Gasteiger partial charge in [-0.25, -0.2) is 4.68 Å². The molecule has 21 heavy (non-hydrogen) atoms. The number of nitrogens with zero attached hydrogens (tertiary/aromatic N) is 2. The maximum absolute atomic E-state index is 12.5. The minimum absolute atomic E-state index is 0.218. The Kier molecular flexibility index (Phi) is 4.59. The van der Waals surface area contributed by atoms with Crippen LogP contribution in [0, 0.1) is 6.92 Å². The molecule has 0 aliphatic carbocycles. The molecule has 6 nitrogen and oxygen atoms in total. The van der Waals surface area contributed by atoms with E-state index in [1.807, 2.05) is 30.3 Å². The van der Waals surface area contributed by atoms with Crippen molar-refractivity contribution < 1.29 is 9.53 Å². The molecule has 1 aromatic carbocycles. The van der Waals surface area contributed by atoms with Crippen LogP contribution in [0.4, 0.5) is 5.69 Å². The van der Waals surface area contributed by atoms with Crippen LogP contribution < -0.4 is 10.9 Å². The van der Waals surface area contributed by atoms with Gasteiger partial charge in [-0.2, -0.15) is 0 Å². The summed E-state index contributed by atoms with van der Waals surface area (Å²) in [6.07, 6.45) is 0.218. The Morgan fingerprint density at radius 1 is 1.29 bits per heavy atom. The number of anilines is 1. The number of carbonyl (C=O) groups is 1. The highest BCUT2D eigenvalue weighted by Crippen LogP contribution is 2.14. The second-order valence-corrected chi connectivity index (χ2v) is 4.73. The summed E-state index contributed by atoms with van der Waals surface area (Å²) in [6.45, 7) is 2.12. The van der Waals surface area contributed by atoms with Gasteiger partial charge in [0, 0.05) is 14.2 Å². The number of hydrogen-bond acceptors (Lipinski definition) is 3. The summed E-state index contributed by atoms with van der Waals surface area (Å²) < 4.78 is 8.11. The lowest BCUT2D eigenvalue weighted by molar-refractivity contribution is -0.117. The van der Waals surface area contributed by atoms with E-state index in [0.717, 1.165) is 5.69 Å². The first-order valence-electron chi connectivity index (χ1n) is 6.69. The van der Waals surface area contributed by atoms with Crippen molar-refractivity contribution in [2.24, 2.45) is 7.05 Å². The van der Waals surface area contributed by atoms with Crippen LogP contribution >= 0.6 is 0 Å². The largest absolute Gasteiger partial charge is 0.384 e. The molecule has 1 N–H and O–H groups in total. The van der Waals surface area contributed by atoms with Crippen molar-refractivity contribution in [1.82, 2.24) is 9.36 Å². The smallest absolute Gasteiger partial charge is 0.295 e. The zero-order valence-corrected chi connectivity index (χ0v) is 12.4. The first-order valence-corrected chi connectivity index (χ1v) is 6.69. The molecule has 0 atom stereocenters. The molecule has 1 amide bonds. The molecule has 0 saturated heterocycles. The second kappa shape index (κ2) is 6.41. The van der Waals surface area contributed by atoms with Gasteiger partial charge < -0.3 is 10.1 Å². The maximum atomic E-state index is 12.5. The number of benzene rings is 1. The number of ether oxygens (including phenoxy) is 1. The Morgan fingerprint density at radius 3 is 2.57 bits per heavy atom. The SMILES string of the molecule is COCCC(=O)Nc1c(C)n(C)n(-c2ccccc2)c1=O. The molecule has 0 bridgehead atoms. The summed E-state index contributed by atoms with van der Waals surface area (Å²) in [7, 11) is 3.32. The van der Waals surface area contributed by atoms with Crippen molar-refractivity contribution in [3.63, 3.8) is 0 Å². The third-order valence-corrected chi connectivity index (χ3v) is 3.35. The highest BCUT2D eigenvalue weighted by molar-refractivity contribution is 5.91. The van der Waals surface area contributed by atoms with Crippen molar-refractivity contribution in [3.05, 3.63) is 46.4 Å². The van der Waals surface area contributed by atoms with Gasteiger partial charge in [0.2, 0.25) is 5.91 Å². The van der Waals surface area contributed by atoms with Gasteiger partial charge in [-0.1, -0.05) is 18.2 Å². The van der Waals surface area contributed by atoms with Crippen LogP contribution in [-0.4, -0.2) is 29.0 Å². The fraction of sp³-hybridized carbons (Fsp3) is 0.333. The molecule has 0 saturated carbocycles. The van der Waals surface area contributed by atoms with Gasteiger partial charge in [0.15, 0.2) is 0 Å². The monoisotopic (exact) mass is 289 g/mol. The van der Waals surface area contributed by atoms with E-state index < -0.39 is 0 Å². The highest BCUT2D eigenvalue weighted by Gasteiger charge is 2.17. The summed E-state index contributed by atoms with van der Waals surface area (Å²) in [6, 6.07) is 9.30. The number of methoxy groups -OCH3 is 1. The van der Waals surface area contributed by atoms with Crippen molar-refractivity contribution in [2.75, 3.05) is 19.0 Å². The van der Waals surface area contributed by atoms with Crippen molar-refractivity contribution >= 4 is 11.6 Å². The quantitative estimate of drug-likeness (QED) is 0.906. The lowest BCUT2D eigenvalue weighted by Gasteiger charge is -2.07. The van der Waals surface area contributed by atoms with Gasteiger partial charge in [0.25, 0.3) is 5.56 Å². The summed E-state index contributed by atoms with van der Waals surface area (Å²) in [4.78, 5) is 24.3. The van der Waals surface area contributed by atoms with E-state index in [4.69, 9.17) is 4.74 Å². The van der Waals surface area contributed by atoms with Crippen LogP contribution in [0.3, 0.4) is 0 Å². The van der Waals surface area contributed by atoms with Crippen LogP contribution in [-0.2, 0) is 16.6 Å². The van der Waals surface area contributed by atoms with Gasteiger partial charge in [0.05, 0.1) is 24.4 Å². The van der Waals surface area contributed by atoms with E-state index in [2.05, 4.69) is 5.32 Å². The van der Waals surface area contributed by atoms with Gasteiger partial charge >= 0.3 is 0 Å². The van der Waals surface area contributed by atoms with Gasteiger partial charge in [-0.15, -0.1) is 0 Å². The zero-order valence-electron chi connectivity index (χ0n) is 12.4. The van der Waals surface area contributed by atoms with Crippen LogP contribution in [0.25, 0.3) is 5.69 Å². The summed E-state index contributed by atoms with van der Waals surface area (Å²) in [5.74, 6) is -0.233. The molecular weight excluding hydrogens is 270 g/mol. The van der Waals surface area contributed by atoms with Crippen LogP contribution in [0.15, 0.2) is 35.1 Å². The number of rotatable bonds is 5. The summed E-state index contributed by atoms with van der Waals surface area (Å²) >= 11 is 0. The molecule has 1 aromatic heterocycles. The second-order valence-electron chi connectivity index (χ2n) is 4.73. The van der Waals surface area contributed by atoms with Gasteiger partial charge in [0.1, 0.15) is 5.69 Å². The Hall–Kier alpha value is -2.34. The van der Waals surface area contributed by atoms with Gasteiger partial charge in [-0.3, -0.25) is 14.3 Å². The Balaban J connectivity index is 2.37. The topological polar surface area (TPSA) is 65.3 Å². The van der Waals surface area contributed by atoms with E-state index in [1.54, 1.807) is 18.7 Å². The number of para-hydroxylation sites is 1. The maximum Gasteiger partial charge on any atom is 0.295 e. The number of hydrogen-bond donors (Lipinski definition) is 1. The molecule has 0 spiro atoms. The predicted octanol–water partition coefficient (Wildman–Crippen LogP) is 1.46. The summed E-state index contributed by atoms with van der Waals surface area (Å²) in [5.41, 5.74) is 1.52. The highest BCUT2D eigenvalue weighted by atomic mass is 16.5. The first-order chi connectivity index (χ1) is 10.1. The average molecular weight is 289 g/mol. The summed E-state index contributed by atoms with van der Waals surface area (Å²) in [5, 5.41) is 2.67. The third-order valence-electron chi connectivity index (χ3n) is 3.35. The number of amides is 1. The number of nitrogens with one attached hydrogen (secondary N) is 1. The molecule has 0 aliphatic heterocycles. The Morgan fingerprint density at radius 2 is 1.95 bits per heavy atom. The molecule has 1 heterocycles. The van der Waals surface area contributed by atoms with Gasteiger partial charge in [-0.05, 0) is 19.1 Å². The average Bonchev–Trinajstić information content (AvgIpc) is 2.70. The number of carbonyl (C=O) groups excluding carboxylic acids is 1. The third kappa shape index (κ3) is 3.05. The minimum atomic E-state index is -0.244. The molecule has 2 rings (SSSR count). The fourth-order valence-electron chi connectivity index (χ4n) is 2.11. The van der Waals surface area contributed by atoms with Crippen LogP contribution in [0.2, 0.25) is 0 Å². The van der Waals surface area contributed by atoms with Crippen molar-refractivity contribution in [3.8, 4) is 5.69 Å². The Labute approximate surface area is 122 Å². The normalized spacial score (nSPS) is 10.6. The molecule has 0 unspecified atom stereocenters. The van der Waals surface area contributed by atoms with E-state index in [-0.39, 0.29) is 17.9 Å². The number of aromatic nitrogens is 2. The Bertz CT molecular complexity index is 686. The molecule has 112 valence electrons. The molecule has 0 radical (unpaired) electrons. The molecular formula is C15H19N3O3. The van der Waals surface area contributed by atoms with E-state index in [1.165, 1.54) is 11.8 Å². The van der Waals surface area contributed by atoms with E-state index in [9.17, 15) is 9.59 Å². The van der Waals surface area contributed by atoms with Crippen molar-refractivity contribution in [1.29, 1.82) is 0 Å². The molecule has 2 aromatic rings. The van der Waals surface area contributed by atoms with E-state index >= 15 is 0 Å². The standard InChI is InChI=1S/C15H19N3O3/c1-11-14(16-13(19)9-10-21-3)15(20)18(17(11)2)12-7-5-4-6-8-12/h4-8H,9-10H2,1-3H3,(H,16,19). The van der Waals surface area contributed by atoms with Crippen LogP contribution in [0.5, 0.6) is 0 Å². The van der Waals surface area contributed by atoms with E-state index in [0.29, 0.717) is 18.0 Å². The fourth-order valence-corrected chi connectivity index (χ4v) is 2.11.